The van der Waals surface area contributed by atoms with E-state index in [1.165, 1.54) is 0 Å². The van der Waals surface area contributed by atoms with Crippen molar-refractivity contribution in [1.29, 1.82) is 0 Å². The summed E-state index contributed by atoms with van der Waals surface area (Å²) in [5, 5.41) is 6.90. The average Bonchev–Trinajstić information content (AvgIpc) is 2.86. The fraction of sp³-hybridized carbons (Fsp3) is 0.765. The standard InChI is InChI=1S/C17H29N3O3/c1-6-8-15-14(11-19(15)16(21)23-17(2,3)4)18-20-10-7-9-13(20)12-22-5/h6,13,15H,1,7-12H2,2-5H3/t13-,15?/m0/s1. The van der Waals surface area contributed by atoms with Crippen LogP contribution in [0.4, 0.5) is 4.79 Å². The number of methoxy groups -OCH3 is 1. The van der Waals surface area contributed by atoms with Gasteiger partial charge in [0, 0.05) is 13.7 Å². The van der Waals surface area contributed by atoms with Crippen molar-refractivity contribution < 1.29 is 14.3 Å². The molecule has 0 aromatic carbocycles. The topological polar surface area (TPSA) is 54.4 Å². The van der Waals surface area contributed by atoms with Gasteiger partial charge in [-0.2, -0.15) is 5.10 Å². The van der Waals surface area contributed by atoms with Crippen molar-refractivity contribution in [3.8, 4) is 0 Å². The molecule has 2 fully saturated rings. The Morgan fingerprint density at radius 3 is 2.83 bits per heavy atom. The van der Waals surface area contributed by atoms with Gasteiger partial charge in [-0.05, 0) is 40.0 Å². The van der Waals surface area contributed by atoms with Crippen molar-refractivity contribution in [3.63, 3.8) is 0 Å². The van der Waals surface area contributed by atoms with Crippen LogP contribution in [0.15, 0.2) is 17.8 Å². The lowest BCUT2D eigenvalue weighted by Crippen LogP contribution is -2.60. The minimum atomic E-state index is -0.485. The summed E-state index contributed by atoms with van der Waals surface area (Å²) in [5.41, 5.74) is 0.542. The molecule has 2 saturated heterocycles. The number of carbonyl (C=O) groups is 1. The van der Waals surface area contributed by atoms with Crippen molar-refractivity contribution in [2.24, 2.45) is 5.10 Å². The largest absolute Gasteiger partial charge is 0.444 e. The van der Waals surface area contributed by atoms with E-state index in [1.54, 1.807) is 12.0 Å². The second-order valence-electron chi connectivity index (χ2n) is 7.15. The summed E-state index contributed by atoms with van der Waals surface area (Å²) in [6.45, 7) is 11.6. The Hall–Kier alpha value is -1.56. The molecule has 23 heavy (non-hydrogen) atoms. The molecule has 2 heterocycles. The van der Waals surface area contributed by atoms with Crippen LogP contribution in [-0.4, -0.2) is 66.2 Å². The zero-order chi connectivity index (χ0) is 17.0. The lowest BCUT2D eigenvalue weighted by atomic mass is 9.97. The van der Waals surface area contributed by atoms with Gasteiger partial charge in [0.05, 0.1) is 30.9 Å². The van der Waals surface area contributed by atoms with Gasteiger partial charge in [0.15, 0.2) is 0 Å². The Labute approximate surface area is 139 Å². The van der Waals surface area contributed by atoms with E-state index in [1.807, 2.05) is 26.8 Å². The normalized spacial score (nSPS) is 26.3. The molecule has 1 unspecified atom stereocenters. The average molecular weight is 323 g/mol. The van der Waals surface area contributed by atoms with Crippen LogP contribution >= 0.6 is 0 Å². The monoisotopic (exact) mass is 323 g/mol. The van der Waals surface area contributed by atoms with Crippen molar-refractivity contribution in [3.05, 3.63) is 12.7 Å². The molecular formula is C17H29N3O3. The minimum absolute atomic E-state index is 0.0360. The van der Waals surface area contributed by atoms with Crippen LogP contribution in [0.1, 0.15) is 40.0 Å². The molecule has 0 bridgehead atoms. The highest BCUT2D eigenvalue weighted by molar-refractivity contribution is 6.01. The maximum absolute atomic E-state index is 12.3. The molecule has 2 atom stereocenters. The SMILES string of the molecule is C=CCC1C(=NN2CCC[C@H]2COC)CN1C(=O)OC(C)(C)C. The third-order valence-electron chi connectivity index (χ3n) is 4.07. The van der Waals surface area contributed by atoms with Crippen molar-refractivity contribution >= 4 is 11.8 Å². The first-order chi connectivity index (χ1) is 10.9. The maximum Gasteiger partial charge on any atom is 0.411 e. The first-order valence-electron chi connectivity index (χ1n) is 8.29. The molecule has 6 nitrogen and oxygen atoms in total. The van der Waals surface area contributed by atoms with Crippen LogP contribution in [0.25, 0.3) is 0 Å². The number of ether oxygens (including phenoxy) is 2. The van der Waals surface area contributed by atoms with Crippen molar-refractivity contribution in [2.75, 3.05) is 26.8 Å². The zero-order valence-electron chi connectivity index (χ0n) is 14.7. The molecule has 0 spiro atoms. The summed E-state index contributed by atoms with van der Waals surface area (Å²) in [7, 11) is 1.72. The molecule has 2 aliphatic rings. The highest BCUT2D eigenvalue weighted by atomic mass is 16.6. The second kappa shape index (κ2) is 7.34. The molecule has 0 saturated carbocycles. The van der Waals surface area contributed by atoms with Gasteiger partial charge in [-0.1, -0.05) is 6.08 Å². The highest BCUT2D eigenvalue weighted by Crippen LogP contribution is 2.25. The van der Waals surface area contributed by atoms with Crippen LogP contribution in [0.3, 0.4) is 0 Å². The number of nitrogens with zero attached hydrogens (tertiary/aromatic N) is 3. The lowest BCUT2D eigenvalue weighted by molar-refractivity contribution is 0.0177. The van der Waals surface area contributed by atoms with Crippen LogP contribution in [0, 0.1) is 0 Å². The number of carbonyl (C=O) groups excluding carboxylic acids is 1. The molecule has 0 radical (unpaired) electrons. The molecule has 0 N–H and O–H groups in total. The molecule has 6 heteroatoms. The summed E-state index contributed by atoms with van der Waals surface area (Å²) in [4.78, 5) is 14.0. The van der Waals surface area contributed by atoms with Gasteiger partial charge in [-0.15, -0.1) is 6.58 Å². The number of likely N-dealkylation sites (tertiary alicyclic amines) is 1. The van der Waals surface area contributed by atoms with Gasteiger partial charge in [0.25, 0.3) is 0 Å². The van der Waals surface area contributed by atoms with Gasteiger partial charge < -0.3 is 9.47 Å². The van der Waals surface area contributed by atoms with Crippen molar-refractivity contribution in [2.45, 2.75) is 57.7 Å². The van der Waals surface area contributed by atoms with E-state index in [2.05, 4.69) is 11.6 Å². The summed E-state index contributed by atoms with van der Waals surface area (Å²) in [6, 6.07) is 0.304. The van der Waals surface area contributed by atoms with Crippen molar-refractivity contribution in [1.82, 2.24) is 9.91 Å². The number of hydrogen-bond acceptors (Lipinski definition) is 5. The van der Waals surface area contributed by atoms with E-state index in [0.29, 0.717) is 25.6 Å². The zero-order valence-corrected chi connectivity index (χ0v) is 14.7. The van der Waals surface area contributed by atoms with Gasteiger partial charge >= 0.3 is 6.09 Å². The Morgan fingerprint density at radius 2 is 2.22 bits per heavy atom. The summed E-state index contributed by atoms with van der Waals surface area (Å²) >= 11 is 0. The highest BCUT2D eigenvalue weighted by Gasteiger charge is 2.41. The molecule has 2 aliphatic heterocycles. The molecule has 2 rings (SSSR count). The van der Waals surface area contributed by atoms with Gasteiger partial charge in [-0.3, -0.25) is 9.91 Å². The number of hydrazone groups is 1. The maximum atomic E-state index is 12.3. The Bertz CT molecular complexity index is 470. The van der Waals surface area contributed by atoms with Gasteiger partial charge in [0.1, 0.15) is 5.60 Å². The third kappa shape index (κ3) is 4.47. The Balaban J connectivity index is 2.02. The number of amides is 1. The van der Waals surface area contributed by atoms with E-state index >= 15 is 0 Å². The summed E-state index contributed by atoms with van der Waals surface area (Å²) in [5.74, 6) is 0. The lowest BCUT2D eigenvalue weighted by Gasteiger charge is -2.42. The summed E-state index contributed by atoms with van der Waals surface area (Å²) < 4.78 is 10.7. The molecular weight excluding hydrogens is 294 g/mol. The predicted molar refractivity (Wildman–Crippen MR) is 90.6 cm³/mol. The predicted octanol–water partition coefficient (Wildman–Crippen LogP) is 2.65. The molecule has 130 valence electrons. The Morgan fingerprint density at radius 1 is 1.48 bits per heavy atom. The third-order valence-corrected chi connectivity index (χ3v) is 4.07. The first-order valence-corrected chi connectivity index (χ1v) is 8.29. The molecule has 0 aromatic heterocycles. The van der Waals surface area contributed by atoms with E-state index in [4.69, 9.17) is 14.6 Å². The van der Waals surface area contributed by atoms with Gasteiger partial charge in [0.2, 0.25) is 0 Å². The number of hydrogen-bond donors (Lipinski definition) is 0. The Kier molecular flexibility index (Phi) is 5.68. The van der Waals surface area contributed by atoms with Crippen LogP contribution in [-0.2, 0) is 9.47 Å². The first kappa shape index (κ1) is 17.8. The van der Waals surface area contributed by atoms with E-state index in [0.717, 1.165) is 25.1 Å². The fourth-order valence-electron chi connectivity index (χ4n) is 2.97. The molecule has 0 aromatic rings. The minimum Gasteiger partial charge on any atom is -0.444 e. The van der Waals surface area contributed by atoms with E-state index in [9.17, 15) is 4.79 Å². The number of rotatable bonds is 5. The van der Waals surface area contributed by atoms with Crippen LogP contribution < -0.4 is 0 Å². The van der Waals surface area contributed by atoms with Crippen LogP contribution in [0.5, 0.6) is 0 Å². The molecule has 1 amide bonds. The van der Waals surface area contributed by atoms with Crippen LogP contribution in [0.2, 0.25) is 0 Å². The summed E-state index contributed by atoms with van der Waals surface area (Å²) in [6.07, 6.45) is 4.48. The smallest absolute Gasteiger partial charge is 0.411 e. The fourth-order valence-corrected chi connectivity index (χ4v) is 2.97. The van der Waals surface area contributed by atoms with E-state index in [-0.39, 0.29) is 12.1 Å². The quantitative estimate of drug-likeness (QED) is 0.730. The van der Waals surface area contributed by atoms with E-state index < -0.39 is 5.60 Å². The molecule has 0 aliphatic carbocycles. The van der Waals surface area contributed by atoms with Gasteiger partial charge in [-0.25, -0.2) is 4.79 Å². The second-order valence-corrected chi connectivity index (χ2v) is 7.15.